The Hall–Kier alpha value is -0.730. The largest absolute Gasteiger partial charge is 0.478 e. The van der Waals surface area contributed by atoms with Crippen molar-refractivity contribution in [2.75, 3.05) is 13.3 Å². The van der Waals surface area contributed by atoms with Crippen molar-refractivity contribution in [3.63, 3.8) is 0 Å². The van der Waals surface area contributed by atoms with Gasteiger partial charge in [0.25, 0.3) is 0 Å². The molecule has 0 unspecified atom stereocenters. The maximum absolute atomic E-state index is 6.00. The lowest BCUT2D eigenvalue weighted by atomic mass is 10.1. The molecule has 0 bridgehead atoms. The minimum absolute atomic E-state index is 0.686. The van der Waals surface area contributed by atoms with Crippen molar-refractivity contribution in [2.24, 2.45) is 0 Å². The summed E-state index contributed by atoms with van der Waals surface area (Å²) in [5.74, 6) is 1.01. The van der Waals surface area contributed by atoms with Gasteiger partial charge in [0.15, 0.2) is 0 Å². The molecule has 0 saturated carbocycles. The van der Waals surface area contributed by atoms with Crippen LogP contribution in [0.2, 0.25) is 5.02 Å². The fourth-order valence-corrected chi connectivity index (χ4v) is 2.06. The maximum atomic E-state index is 6.00. The van der Waals surface area contributed by atoms with E-state index in [0.717, 1.165) is 29.4 Å². The Labute approximate surface area is 89.4 Å². The molecule has 3 heteroatoms. The highest BCUT2D eigenvalue weighted by molar-refractivity contribution is 6.30. The molecular formula is C11H14ClNO. The van der Waals surface area contributed by atoms with Gasteiger partial charge in [-0.05, 0) is 31.2 Å². The number of ether oxygens (including phenoxy) is 1. The van der Waals surface area contributed by atoms with Crippen molar-refractivity contribution >= 4 is 11.6 Å². The van der Waals surface area contributed by atoms with Gasteiger partial charge in [-0.15, -0.1) is 0 Å². The third-order valence-electron chi connectivity index (χ3n) is 2.55. The molecule has 1 heterocycles. The predicted octanol–water partition coefficient (Wildman–Crippen LogP) is 2.82. The average Bonchev–Trinajstić information content (AvgIpc) is 2.16. The number of aryl methyl sites for hydroxylation is 1. The third kappa shape index (κ3) is 1.72. The van der Waals surface area contributed by atoms with Crippen LogP contribution < -0.4 is 4.74 Å². The van der Waals surface area contributed by atoms with Gasteiger partial charge in [0.2, 0.25) is 0 Å². The smallest absolute Gasteiger partial charge is 0.142 e. The molecule has 0 amide bonds. The molecule has 1 aromatic rings. The maximum Gasteiger partial charge on any atom is 0.142 e. The summed E-state index contributed by atoms with van der Waals surface area (Å²) in [5, 5.41) is 0.794. The molecule has 0 atom stereocenters. The number of fused-ring (bicyclic) bond motifs is 1. The Kier molecular flexibility index (Phi) is 2.66. The van der Waals surface area contributed by atoms with E-state index in [2.05, 4.69) is 11.8 Å². The molecule has 2 nitrogen and oxygen atoms in total. The zero-order valence-electron chi connectivity index (χ0n) is 8.51. The summed E-state index contributed by atoms with van der Waals surface area (Å²) in [4.78, 5) is 2.23. The quantitative estimate of drug-likeness (QED) is 0.709. The van der Waals surface area contributed by atoms with E-state index in [1.807, 2.05) is 19.1 Å². The first-order valence-corrected chi connectivity index (χ1v) is 5.22. The highest BCUT2D eigenvalue weighted by Crippen LogP contribution is 2.31. The molecule has 1 aliphatic heterocycles. The normalized spacial score (nSPS) is 16.2. The number of nitrogens with zero attached hydrogens (tertiary/aromatic N) is 1. The van der Waals surface area contributed by atoms with Crippen LogP contribution in [0.3, 0.4) is 0 Å². The van der Waals surface area contributed by atoms with Gasteiger partial charge in [0.05, 0.1) is 0 Å². The van der Waals surface area contributed by atoms with Gasteiger partial charge >= 0.3 is 0 Å². The molecule has 2 rings (SSSR count). The summed E-state index contributed by atoms with van der Waals surface area (Å²) in [7, 11) is 0. The summed E-state index contributed by atoms with van der Waals surface area (Å²) >= 11 is 6.00. The molecule has 0 spiro atoms. The van der Waals surface area contributed by atoms with Crippen LogP contribution in [0.15, 0.2) is 12.1 Å². The van der Waals surface area contributed by atoms with Crippen LogP contribution in [0.25, 0.3) is 0 Å². The molecule has 14 heavy (non-hydrogen) atoms. The van der Waals surface area contributed by atoms with Crippen molar-refractivity contribution in [2.45, 2.75) is 20.4 Å². The number of halogens is 1. The van der Waals surface area contributed by atoms with Gasteiger partial charge < -0.3 is 4.74 Å². The number of benzene rings is 1. The molecular weight excluding hydrogens is 198 g/mol. The first-order chi connectivity index (χ1) is 6.70. The van der Waals surface area contributed by atoms with E-state index in [1.165, 1.54) is 5.56 Å². The summed E-state index contributed by atoms with van der Waals surface area (Å²) in [6, 6.07) is 3.94. The van der Waals surface area contributed by atoms with Crippen LogP contribution >= 0.6 is 11.6 Å². The Morgan fingerprint density at radius 2 is 2.29 bits per heavy atom. The number of hydrogen-bond donors (Lipinski definition) is 0. The van der Waals surface area contributed by atoms with Crippen molar-refractivity contribution in [3.8, 4) is 5.75 Å². The van der Waals surface area contributed by atoms with Crippen LogP contribution in [0.4, 0.5) is 0 Å². The zero-order chi connectivity index (χ0) is 10.1. The van der Waals surface area contributed by atoms with Crippen molar-refractivity contribution < 1.29 is 4.74 Å². The monoisotopic (exact) mass is 211 g/mol. The van der Waals surface area contributed by atoms with E-state index in [-0.39, 0.29) is 0 Å². The number of rotatable bonds is 1. The van der Waals surface area contributed by atoms with E-state index in [9.17, 15) is 0 Å². The molecule has 0 aliphatic carbocycles. The fraction of sp³-hybridized carbons (Fsp3) is 0.455. The summed E-state index contributed by atoms with van der Waals surface area (Å²) in [5.41, 5.74) is 2.33. The van der Waals surface area contributed by atoms with E-state index >= 15 is 0 Å². The van der Waals surface area contributed by atoms with Crippen LogP contribution in [0.1, 0.15) is 18.1 Å². The fourth-order valence-electron chi connectivity index (χ4n) is 1.77. The first kappa shape index (κ1) is 9.81. The predicted molar refractivity (Wildman–Crippen MR) is 57.8 cm³/mol. The molecule has 0 aromatic heterocycles. The van der Waals surface area contributed by atoms with Crippen LogP contribution in [0, 0.1) is 6.92 Å². The molecule has 0 N–H and O–H groups in total. The minimum atomic E-state index is 0.686. The van der Waals surface area contributed by atoms with Crippen molar-refractivity contribution in [3.05, 3.63) is 28.3 Å². The van der Waals surface area contributed by atoms with E-state index < -0.39 is 0 Å². The van der Waals surface area contributed by atoms with Crippen LogP contribution in [-0.2, 0) is 6.54 Å². The van der Waals surface area contributed by atoms with Crippen LogP contribution in [0.5, 0.6) is 5.75 Å². The summed E-state index contributed by atoms with van der Waals surface area (Å²) in [6.45, 7) is 6.79. The van der Waals surface area contributed by atoms with Crippen LogP contribution in [-0.4, -0.2) is 18.2 Å². The Balaban J connectivity index is 2.37. The molecule has 1 aliphatic rings. The van der Waals surface area contributed by atoms with Gasteiger partial charge in [-0.1, -0.05) is 18.5 Å². The molecule has 0 radical (unpaired) electrons. The molecule has 76 valence electrons. The van der Waals surface area contributed by atoms with Crippen molar-refractivity contribution in [1.82, 2.24) is 4.90 Å². The van der Waals surface area contributed by atoms with Gasteiger partial charge in [0.1, 0.15) is 12.5 Å². The Morgan fingerprint density at radius 1 is 1.50 bits per heavy atom. The first-order valence-electron chi connectivity index (χ1n) is 4.85. The average molecular weight is 212 g/mol. The second kappa shape index (κ2) is 3.79. The Morgan fingerprint density at radius 3 is 3.00 bits per heavy atom. The SMILES string of the molecule is CCN1COc2c(C)cc(Cl)cc2C1. The standard InChI is InChI=1S/C11H14ClNO/c1-3-13-6-9-5-10(12)4-8(2)11(9)14-7-13/h4-5H,3,6-7H2,1-2H3. The molecule has 0 fully saturated rings. The van der Waals surface area contributed by atoms with Gasteiger partial charge in [-0.2, -0.15) is 0 Å². The van der Waals surface area contributed by atoms with E-state index in [0.29, 0.717) is 6.73 Å². The Bertz CT molecular complexity index is 351. The highest BCUT2D eigenvalue weighted by atomic mass is 35.5. The third-order valence-corrected chi connectivity index (χ3v) is 2.77. The second-order valence-corrected chi connectivity index (χ2v) is 4.07. The molecule has 0 saturated heterocycles. The van der Waals surface area contributed by atoms with Gasteiger partial charge in [-0.3, -0.25) is 4.90 Å². The van der Waals surface area contributed by atoms with E-state index in [1.54, 1.807) is 0 Å². The lowest BCUT2D eigenvalue weighted by molar-refractivity contribution is 0.100. The zero-order valence-corrected chi connectivity index (χ0v) is 9.27. The van der Waals surface area contributed by atoms with Gasteiger partial charge in [0, 0.05) is 17.1 Å². The second-order valence-electron chi connectivity index (χ2n) is 3.63. The lowest BCUT2D eigenvalue weighted by Crippen LogP contribution is -2.31. The van der Waals surface area contributed by atoms with E-state index in [4.69, 9.17) is 16.3 Å². The minimum Gasteiger partial charge on any atom is -0.478 e. The summed E-state index contributed by atoms with van der Waals surface area (Å²) < 4.78 is 5.68. The van der Waals surface area contributed by atoms with Crippen molar-refractivity contribution in [1.29, 1.82) is 0 Å². The summed E-state index contributed by atoms with van der Waals surface area (Å²) in [6.07, 6.45) is 0. The van der Waals surface area contributed by atoms with Gasteiger partial charge in [-0.25, -0.2) is 0 Å². The highest BCUT2D eigenvalue weighted by Gasteiger charge is 2.17. The molecule has 1 aromatic carbocycles. The lowest BCUT2D eigenvalue weighted by Gasteiger charge is -2.29. The topological polar surface area (TPSA) is 12.5 Å². The number of hydrogen-bond acceptors (Lipinski definition) is 2.